The zero-order valence-corrected chi connectivity index (χ0v) is 11.8. The number of phenolic OH excluding ortho intramolecular Hbond substituents is 1. The first-order chi connectivity index (χ1) is 9.01. The van der Waals surface area contributed by atoms with E-state index in [0.29, 0.717) is 5.69 Å². The third-order valence-corrected chi connectivity index (χ3v) is 4.55. The van der Waals surface area contributed by atoms with E-state index >= 15 is 0 Å². The van der Waals surface area contributed by atoms with E-state index in [4.69, 9.17) is 0 Å². The molecule has 0 heterocycles. The molecule has 0 atom stereocenters. The van der Waals surface area contributed by atoms with E-state index in [-0.39, 0.29) is 10.6 Å². The van der Waals surface area contributed by atoms with Crippen LogP contribution in [0.5, 0.6) is 5.75 Å². The Bertz CT molecular complexity index is 684. The maximum Gasteiger partial charge on any atom is 0.262 e. The molecule has 100 valence electrons. The van der Waals surface area contributed by atoms with Crippen LogP contribution in [0.2, 0.25) is 0 Å². The number of rotatable bonds is 4. The highest BCUT2D eigenvalue weighted by Crippen LogP contribution is 2.23. The summed E-state index contributed by atoms with van der Waals surface area (Å²) in [6.45, 7) is 0. The minimum atomic E-state index is -3.68. The van der Waals surface area contributed by atoms with Crippen molar-refractivity contribution in [2.24, 2.45) is 0 Å². The molecule has 0 spiro atoms. The molecule has 0 saturated heterocycles. The first-order valence-electron chi connectivity index (χ1n) is 5.47. The molecule has 0 aromatic heterocycles. The fourth-order valence-electron chi connectivity index (χ4n) is 1.55. The summed E-state index contributed by atoms with van der Waals surface area (Å²) in [5.41, 5.74) is 0.496. The van der Waals surface area contributed by atoms with Gasteiger partial charge in [0.1, 0.15) is 5.75 Å². The van der Waals surface area contributed by atoms with Gasteiger partial charge in [0, 0.05) is 16.6 Å². The number of anilines is 1. The number of hydrogen-bond donors (Lipinski definition) is 2. The summed E-state index contributed by atoms with van der Waals surface area (Å²) in [6, 6.07) is 12.7. The summed E-state index contributed by atoms with van der Waals surface area (Å²) in [6.07, 6.45) is 1.92. The quantitative estimate of drug-likeness (QED) is 0.851. The third-order valence-electron chi connectivity index (χ3n) is 2.45. The number of thioether (sulfide) groups is 1. The van der Waals surface area contributed by atoms with Crippen molar-refractivity contribution in [3.63, 3.8) is 0 Å². The van der Waals surface area contributed by atoms with E-state index in [1.165, 1.54) is 36.0 Å². The molecule has 0 aliphatic carbocycles. The van der Waals surface area contributed by atoms with Gasteiger partial charge in [0.25, 0.3) is 10.0 Å². The van der Waals surface area contributed by atoms with Crippen LogP contribution >= 0.6 is 11.8 Å². The van der Waals surface area contributed by atoms with Gasteiger partial charge in [-0.2, -0.15) is 0 Å². The van der Waals surface area contributed by atoms with Gasteiger partial charge < -0.3 is 5.11 Å². The van der Waals surface area contributed by atoms with Gasteiger partial charge >= 0.3 is 0 Å². The van der Waals surface area contributed by atoms with Crippen LogP contribution in [-0.2, 0) is 10.0 Å². The third kappa shape index (κ3) is 3.42. The monoisotopic (exact) mass is 295 g/mol. The molecule has 0 radical (unpaired) electrons. The minimum Gasteiger partial charge on any atom is -0.508 e. The minimum absolute atomic E-state index is 0.0297. The molecule has 2 N–H and O–H groups in total. The van der Waals surface area contributed by atoms with E-state index in [2.05, 4.69) is 4.72 Å². The summed E-state index contributed by atoms with van der Waals surface area (Å²) >= 11 is 1.53. The van der Waals surface area contributed by atoms with E-state index in [0.717, 1.165) is 4.90 Å². The number of benzene rings is 2. The highest BCUT2D eigenvalue weighted by Gasteiger charge is 2.14. The SMILES string of the molecule is CSc1cccc(NS(=O)(=O)c2cccc(O)c2)c1. The van der Waals surface area contributed by atoms with Gasteiger partial charge in [0.05, 0.1) is 4.90 Å². The van der Waals surface area contributed by atoms with Gasteiger partial charge in [-0.1, -0.05) is 12.1 Å². The molecular weight excluding hydrogens is 282 g/mol. The molecule has 4 nitrogen and oxygen atoms in total. The fourth-order valence-corrected chi connectivity index (χ4v) is 3.10. The topological polar surface area (TPSA) is 66.4 Å². The number of sulfonamides is 1. The van der Waals surface area contributed by atoms with Crippen molar-refractivity contribution >= 4 is 27.5 Å². The first-order valence-corrected chi connectivity index (χ1v) is 8.18. The first kappa shape index (κ1) is 13.8. The lowest BCUT2D eigenvalue weighted by molar-refractivity contribution is 0.473. The van der Waals surface area contributed by atoms with Crippen molar-refractivity contribution in [1.82, 2.24) is 0 Å². The number of phenols is 1. The maximum absolute atomic E-state index is 12.1. The van der Waals surface area contributed by atoms with Crippen LogP contribution in [0, 0.1) is 0 Å². The fraction of sp³-hybridized carbons (Fsp3) is 0.0769. The smallest absolute Gasteiger partial charge is 0.262 e. The summed E-state index contributed by atoms with van der Waals surface area (Å²) < 4.78 is 26.7. The van der Waals surface area contributed by atoms with E-state index in [9.17, 15) is 13.5 Å². The lowest BCUT2D eigenvalue weighted by Gasteiger charge is -2.09. The zero-order valence-electron chi connectivity index (χ0n) is 10.2. The normalized spacial score (nSPS) is 11.2. The molecule has 0 aliphatic heterocycles. The Morgan fingerprint density at radius 3 is 2.53 bits per heavy atom. The van der Waals surface area contributed by atoms with Crippen molar-refractivity contribution in [1.29, 1.82) is 0 Å². The Morgan fingerprint density at radius 2 is 1.84 bits per heavy atom. The Kier molecular flexibility index (Phi) is 4.01. The standard InChI is InChI=1S/C13H13NO3S2/c1-18-12-6-2-4-10(8-12)14-19(16,17)13-7-3-5-11(15)9-13/h2-9,14-15H,1H3. The second-order valence-electron chi connectivity index (χ2n) is 3.83. The van der Waals surface area contributed by atoms with E-state index in [1.807, 2.05) is 12.3 Å². The van der Waals surface area contributed by atoms with Crippen LogP contribution in [0.25, 0.3) is 0 Å². The second-order valence-corrected chi connectivity index (χ2v) is 6.40. The Morgan fingerprint density at radius 1 is 1.11 bits per heavy atom. The van der Waals surface area contributed by atoms with Crippen LogP contribution in [0.4, 0.5) is 5.69 Å². The lowest BCUT2D eigenvalue weighted by atomic mass is 10.3. The largest absolute Gasteiger partial charge is 0.508 e. The molecule has 2 aromatic rings. The van der Waals surface area contributed by atoms with Gasteiger partial charge in [0.2, 0.25) is 0 Å². The van der Waals surface area contributed by atoms with Crippen molar-refractivity contribution in [2.45, 2.75) is 9.79 Å². The van der Waals surface area contributed by atoms with Crippen molar-refractivity contribution in [2.75, 3.05) is 11.0 Å². The molecule has 2 rings (SSSR count). The van der Waals surface area contributed by atoms with E-state index < -0.39 is 10.0 Å². The van der Waals surface area contributed by atoms with Gasteiger partial charge in [0.15, 0.2) is 0 Å². The van der Waals surface area contributed by atoms with Crippen LogP contribution in [0.1, 0.15) is 0 Å². The Hall–Kier alpha value is -1.66. The Balaban J connectivity index is 2.31. The average Bonchev–Trinajstić information content (AvgIpc) is 2.38. The van der Waals surface area contributed by atoms with E-state index in [1.54, 1.807) is 18.2 Å². The lowest BCUT2D eigenvalue weighted by Crippen LogP contribution is -2.12. The van der Waals surface area contributed by atoms with Gasteiger partial charge in [-0.15, -0.1) is 11.8 Å². The number of hydrogen-bond acceptors (Lipinski definition) is 4. The molecule has 19 heavy (non-hydrogen) atoms. The number of aromatic hydroxyl groups is 1. The van der Waals surface area contributed by atoms with Crippen molar-refractivity contribution < 1.29 is 13.5 Å². The summed E-state index contributed by atoms with van der Waals surface area (Å²) in [4.78, 5) is 0.998. The van der Waals surface area contributed by atoms with Crippen molar-refractivity contribution in [3.05, 3.63) is 48.5 Å². The predicted octanol–water partition coefficient (Wildman–Crippen LogP) is 2.91. The van der Waals surface area contributed by atoms with Gasteiger partial charge in [-0.3, -0.25) is 4.72 Å². The second kappa shape index (κ2) is 5.54. The van der Waals surface area contributed by atoms with Crippen LogP contribution in [0.3, 0.4) is 0 Å². The highest BCUT2D eigenvalue weighted by atomic mass is 32.2. The highest BCUT2D eigenvalue weighted by molar-refractivity contribution is 7.98. The zero-order chi connectivity index (χ0) is 13.9. The average molecular weight is 295 g/mol. The summed E-state index contributed by atoms with van der Waals surface area (Å²) in [7, 11) is -3.68. The number of nitrogens with one attached hydrogen (secondary N) is 1. The molecule has 0 saturated carbocycles. The molecule has 0 bridgehead atoms. The molecular formula is C13H13NO3S2. The van der Waals surface area contributed by atoms with Gasteiger partial charge in [-0.05, 0) is 36.6 Å². The molecule has 0 aliphatic rings. The molecule has 0 fully saturated rings. The van der Waals surface area contributed by atoms with Crippen LogP contribution in [0.15, 0.2) is 58.3 Å². The summed E-state index contributed by atoms with van der Waals surface area (Å²) in [5, 5.41) is 9.33. The van der Waals surface area contributed by atoms with Gasteiger partial charge in [-0.25, -0.2) is 8.42 Å². The van der Waals surface area contributed by atoms with Crippen molar-refractivity contribution in [3.8, 4) is 5.75 Å². The maximum atomic E-state index is 12.1. The van der Waals surface area contributed by atoms with Crippen LogP contribution < -0.4 is 4.72 Å². The molecule has 0 unspecified atom stereocenters. The Labute approximate surface area is 116 Å². The summed E-state index contributed by atoms with van der Waals surface area (Å²) in [5.74, 6) is -0.0826. The van der Waals surface area contributed by atoms with Crippen LogP contribution in [-0.4, -0.2) is 19.8 Å². The predicted molar refractivity (Wildman–Crippen MR) is 77.1 cm³/mol. The molecule has 6 heteroatoms. The molecule has 2 aromatic carbocycles. The molecule has 0 amide bonds.